The van der Waals surface area contributed by atoms with Crippen molar-refractivity contribution in [3.05, 3.63) is 124 Å². The molecule has 230 valence electrons. The molecule has 0 spiro atoms. The predicted octanol–water partition coefficient (Wildman–Crippen LogP) is 4.06. The molecule has 2 heterocycles. The highest BCUT2D eigenvalue weighted by Crippen LogP contribution is 2.49. The van der Waals surface area contributed by atoms with Gasteiger partial charge in [-0.05, 0) is 93.2 Å². The fourth-order valence-corrected chi connectivity index (χ4v) is 5.98. The lowest BCUT2D eigenvalue weighted by Gasteiger charge is -2.42. The number of nitrogens with two attached hydrogens (primary N) is 2. The zero-order valence-corrected chi connectivity index (χ0v) is 24.5. The average molecular weight is 616 g/mol. The molecule has 0 aliphatic carbocycles. The third-order valence-corrected chi connectivity index (χ3v) is 8.30. The number of carbonyl (C=O) groups excluding carboxylic acids is 2. The van der Waals surface area contributed by atoms with Gasteiger partial charge in [-0.15, -0.1) is 5.10 Å². The smallest absolute Gasteiger partial charge is 0.336 e. The van der Waals surface area contributed by atoms with Crippen LogP contribution < -0.4 is 22.1 Å². The largest absolute Gasteiger partial charge is 0.478 e. The number of benzene rings is 4. The van der Waals surface area contributed by atoms with E-state index in [9.17, 15) is 19.5 Å². The van der Waals surface area contributed by atoms with Gasteiger partial charge in [0.05, 0.1) is 11.6 Å². The van der Waals surface area contributed by atoms with E-state index < -0.39 is 23.2 Å². The number of amides is 2. The monoisotopic (exact) mass is 615 g/mol. The van der Waals surface area contributed by atoms with Crippen LogP contribution in [0.5, 0.6) is 0 Å². The number of carboxylic acids is 1. The van der Waals surface area contributed by atoms with Crippen LogP contribution in [0.15, 0.2) is 84.9 Å². The highest BCUT2D eigenvalue weighted by Gasteiger charge is 2.39. The molecular formula is C33H29N9O4. The zero-order chi connectivity index (χ0) is 32.6. The highest BCUT2D eigenvalue weighted by atomic mass is 16.4. The number of carbonyl (C=O) groups is 3. The van der Waals surface area contributed by atoms with Gasteiger partial charge in [-0.1, -0.05) is 43.3 Å². The van der Waals surface area contributed by atoms with E-state index in [1.807, 2.05) is 36.4 Å². The van der Waals surface area contributed by atoms with Crippen LogP contribution in [0.25, 0.3) is 11.1 Å². The number of tetrazole rings is 1. The van der Waals surface area contributed by atoms with Crippen molar-refractivity contribution < 1.29 is 19.5 Å². The van der Waals surface area contributed by atoms with Crippen molar-refractivity contribution >= 4 is 35.0 Å². The fourth-order valence-electron chi connectivity index (χ4n) is 5.98. The maximum Gasteiger partial charge on any atom is 0.336 e. The first kappa shape index (κ1) is 29.7. The third kappa shape index (κ3) is 5.52. The molecule has 46 heavy (non-hydrogen) atoms. The lowest BCUT2D eigenvalue weighted by Crippen LogP contribution is -2.35. The van der Waals surface area contributed by atoms with E-state index in [1.54, 1.807) is 18.2 Å². The van der Waals surface area contributed by atoms with Crippen LogP contribution >= 0.6 is 0 Å². The molecule has 0 radical (unpaired) electrons. The number of nitrogens with zero attached hydrogens (tertiary/aromatic N) is 3. The number of hydrogen-bond acceptors (Lipinski definition) is 8. The molecule has 2 unspecified atom stereocenters. The maximum atomic E-state index is 13.0. The molecule has 2 atom stereocenters. The molecule has 13 heteroatoms. The second-order valence-corrected chi connectivity index (χ2v) is 11.3. The van der Waals surface area contributed by atoms with Crippen LogP contribution in [0.1, 0.15) is 73.0 Å². The summed E-state index contributed by atoms with van der Waals surface area (Å²) in [6.07, 6.45) is 0.556. The van der Waals surface area contributed by atoms with Crippen molar-refractivity contribution in [2.75, 3.05) is 10.6 Å². The fraction of sp³-hybridized carbons (Fsp3) is 0.121. The molecular weight excluding hydrogens is 586 g/mol. The van der Waals surface area contributed by atoms with Crippen LogP contribution in [0.3, 0.4) is 0 Å². The van der Waals surface area contributed by atoms with Gasteiger partial charge < -0.3 is 27.2 Å². The number of aromatic carboxylic acids is 1. The number of aromatic amines is 1. The van der Waals surface area contributed by atoms with Crippen molar-refractivity contribution in [1.29, 1.82) is 5.41 Å². The summed E-state index contributed by atoms with van der Waals surface area (Å²) < 4.78 is 0. The molecule has 0 bridgehead atoms. The Morgan fingerprint density at radius 1 is 0.978 bits per heavy atom. The molecule has 9 N–H and O–H groups in total. The minimum atomic E-state index is -1.25. The van der Waals surface area contributed by atoms with Crippen molar-refractivity contribution in [1.82, 2.24) is 20.6 Å². The van der Waals surface area contributed by atoms with Gasteiger partial charge in [0.15, 0.2) is 0 Å². The molecule has 6 rings (SSSR count). The SMILES string of the molecule is CC1(c2ccccc2)CC(c2cc(NC(=O)c3nnn[nH]3)cc(-c3ccc(C(N)=O)cc3C(=O)O)c2)Nc2ccc(C(=N)N)cc21. The van der Waals surface area contributed by atoms with E-state index in [-0.39, 0.29) is 28.8 Å². The molecule has 1 aromatic heterocycles. The Balaban J connectivity index is 1.51. The van der Waals surface area contributed by atoms with Crippen LogP contribution in [0.2, 0.25) is 0 Å². The predicted molar refractivity (Wildman–Crippen MR) is 171 cm³/mol. The standard InChI is InChI=1S/C33H29N9O4/c1-33(21-5-3-2-4-6-21)16-27(38-26-10-8-17(28(34)35)15-25(26)33)20-11-19(12-22(13-20)37-31(44)30-39-41-42-40-30)23-9-7-18(29(36)43)14-24(23)32(45)46/h2-15,27,38H,16H2,1H3,(H3,34,35)(H2,36,43)(H,37,44)(H,45,46)(H,39,40,41,42). The van der Waals surface area contributed by atoms with Crippen LogP contribution in [0, 0.1) is 5.41 Å². The Bertz CT molecular complexity index is 2010. The number of rotatable bonds is 8. The van der Waals surface area contributed by atoms with E-state index in [4.69, 9.17) is 16.9 Å². The molecule has 2 amide bonds. The molecule has 0 saturated carbocycles. The summed E-state index contributed by atoms with van der Waals surface area (Å²) in [4.78, 5) is 37.2. The Kier molecular flexibility index (Phi) is 7.50. The Morgan fingerprint density at radius 2 is 1.74 bits per heavy atom. The summed E-state index contributed by atoms with van der Waals surface area (Å²) in [6.45, 7) is 2.13. The van der Waals surface area contributed by atoms with Crippen molar-refractivity contribution in [3.8, 4) is 11.1 Å². The first-order chi connectivity index (χ1) is 22.0. The first-order valence-corrected chi connectivity index (χ1v) is 14.2. The summed E-state index contributed by atoms with van der Waals surface area (Å²) in [5.74, 6) is -2.74. The Labute approximate surface area is 262 Å². The molecule has 0 fully saturated rings. The summed E-state index contributed by atoms with van der Waals surface area (Å²) >= 11 is 0. The second kappa shape index (κ2) is 11.6. The van der Waals surface area contributed by atoms with Gasteiger partial charge in [0, 0.05) is 27.9 Å². The van der Waals surface area contributed by atoms with Gasteiger partial charge in [0.2, 0.25) is 11.7 Å². The Morgan fingerprint density at radius 3 is 2.41 bits per heavy atom. The lowest BCUT2D eigenvalue weighted by molar-refractivity contribution is 0.0697. The molecule has 4 aromatic carbocycles. The number of H-pyrrole nitrogens is 1. The van der Waals surface area contributed by atoms with Gasteiger partial charge in [0.1, 0.15) is 5.84 Å². The molecule has 0 saturated heterocycles. The van der Waals surface area contributed by atoms with Crippen LogP contribution in [-0.2, 0) is 5.41 Å². The molecule has 13 nitrogen and oxygen atoms in total. The van der Waals surface area contributed by atoms with Gasteiger partial charge in [-0.25, -0.2) is 9.89 Å². The van der Waals surface area contributed by atoms with Crippen molar-refractivity contribution in [2.45, 2.75) is 24.8 Å². The van der Waals surface area contributed by atoms with Gasteiger partial charge in [0.25, 0.3) is 5.91 Å². The van der Waals surface area contributed by atoms with Crippen molar-refractivity contribution in [2.24, 2.45) is 11.5 Å². The summed E-state index contributed by atoms with van der Waals surface area (Å²) in [7, 11) is 0. The van der Waals surface area contributed by atoms with E-state index in [2.05, 4.69) is 50.3 Å². The lowest BCUT2D eigenvalue weighted by atomic mass is 9.68. The third-order valence-electron chi connectivity index (χ3n) is 8.30. The van der Waals surface area contributed by atoms with E-state index in [0.29, 0.717) is 28.8 Å². The number of nitrogens with one attached hydrogen (secondary N) is 4. The van der Waals surface area contributed by atoms with E-state index in [0.717, 1.165) is 22.4 Å². The van der Waals surface area contributed by atoms with Gasteiger partial charge in [-0.2, -0.15) is 0 Å². The maximum absolute atomic E-state index is 13.0. The summed E-state index contributed by atoms with van der Waals surface area (Å²) in [5, 5.41) is 37.5. The van der Waals surface area contributed by atoms with Gasteiger partial charge >= 0.3 is 5.97 Å². The van der Waals surface area contributed by atoms with Crippen LogP contribution in [0.4, 0.5) is 11.4 Å². The number of hydrogen-bond donors (Lipinski definition) is 7. The topological polar surface area (TPSA) is 226 Å². The number of carboxylic acid groups (broad SMARTS) is 1. The number of nitrogen functional groups attached to an aromatic ring is 1. The normalized spacial score (nSPS) is 16.9. The van der Waals surface area contributed by atoms with E-state index >= 15 is 0 Å². The Hall–Kier alpha value is -6.37. The van der Waals surface area contributed by atoms with Gasteiger partial charge in [-0.3, -0.25) is 15.0 Å². The summed E-state index contributed by atoms with van der Waals surface area (Å²) in [5.41, 5.74) is 16.1. The quantitative estimate of drug-likeness (QED) is 0.0985. The second-order valence-electron chi connectivity index (χ2n) is 11.3. The van der Waals surface area contributed by atoms with Crippen LogP contribution in [-0.4, -0.2) is 49.3 Å². The van der Waals surface area contributed by atoms with Crippen molar-refractivity contribution in [3.63, 3.8) is 0 Å². The number of amidine groups is 1. The molecule has 1 aliphatic rings. The zero-order valence-electron chi connectivity index (χ0n) is 24.5. The highest BCUT2D eigenvalue weighted by molar-refractivity contribution is 6.03. The number of fused-ring (bicyclic) bond motifs is 1. The minimum absolute atomic E-state index is 0.0352. The number of aromatic nitrogens is 4. The average Bonchev–Trinajstić information content (AvgIpc) is 3.60. The summed E-state index contributed by atoms with van der Waals surface area (Å²) in [6, 6.07) is 24.8. The molecule has 5 aromatic rings. The number of anilines is 2. The first-order valence-electron chi connectivity index (χ1n) is 14.2. The number of primary amides is 1. The molecule has 1 aliphatic heterocycles. The minimum Gasteiger partial charge on any atom is -0.478 e. The van der Waals surface area contributed by atoms with E-state index in [1.165, 1.54) is 18.2 Å².